The Labute approximate surface area is 173 Å². The molecule has 1 fully saturated rings. The van der Waals surface area contributed by atoms with Crippen molar-refractivity contribution in [1.29, 1.82) is 5.26 Å². The summed E-state index contributed by atoms with van der Waals surface area (Å²) in [6.45, 7) is 11.3. The number of piperazine rings is 1. The lowest BCUT2D eigenvalue weighted by molar-refractivity contribution is 0.442. The average Bonchev–Trinajstić information content (AvgIpc) is 2.73. The van der Waals surface area contributed by atoms with Crippen molar-refractivity contribution < 1.29 is 0 Å². The molecular weight excluding hydrogens is 360 g/mol. The number of hydrogen-bond donors (Lipinski definition) is 2. The van der Waals surface area contributed by atoms with E-state index in [-0.39, 0.29) is 11.2 Å². The molecule has 0 spiro atoms. The van der Waals surface area contributed by atoms with Crippen LogP contribution in [0.15, 0.2) is 30.5 Å². The van der Waals surface area contributed by atoms with Crippen molar-refractivity contribution in [3.63, 3.8) is 0 Å². The summed E-state index contributed by atoms with van der Waals surface area (Å²) in [5, 5.41) is 15.8. The zero-order valence-corrected chi connectivity index (χ0v) is 17.4. The number of nitrogens with zero attached hydrogens (tertiary/aromatic N) is 4. The van der Waals surface area contributed by atoms with Gasteiger partial charge in [-0.1, -0.05) is 44.7 Å². The van der Waals surface area contributed by atoms with Crippen molar-refractivity contribution in [3.05, 3.63) is 47.4 Å². The minimum absolute atomic E-state index is 0.0919. The highest BCUT2D eigenvalue weighted by molar-refractivity contribution is 5.54. The quantitative estimate of drug-likeness (QED) is 0.785. The summed E-state index contributed by atoms with van der Waals surface area (Å²) in [7, 11) is 0. The zero-order valence-electron chi connectivity index (χ0n) is 17.4. The first-order valence-corrected chi connectivity index (χ1v) is 9.99. The van der Waals surface area contributed by atoms with Crippen LogP contribution in [-0.4, -0.2) is 42.7 Å². The van der Waals surface area contributed by atoms with Crippen LogP contribution in [0, 0.1) is 28.6 Å². The van der Waals surface area contributed by atoms with Gasteiger partial charge >= 0.3 is 0 Å². The summed E-state index contributed by atoms with van der Waals surface area (Å²) in [4.78, 5) is 10.7. The van der Waals surface area contributed by atoms with E-state index in [1.807, 2.05) is 6.07 Å². The minimum atomic E-state index is 0.0919. The highest BCUT2D eigenvalue weighted by Crippen LogP contribution is 2.18. The molecule has 0 radical (unpaired) electrons. The predicted octanol–water partition coefficient (Wildman–Crippen LogP) is 2.81. The van der Waals surface area contributed by atoms with Crippen LogP contribution in [0.1, 0.15) is 37.7 Å². The van der Waals surface area contributed by atoms with Gasteiger partial charge in [0.05, 0.1) is 5.56 Å². The monoisotopic (exact) mass is 388 g/mol. The maximum atomic E-state index is 9.08. The topological polar surface area (TPSA) is 76.9 Å². The lowest BCUT2D eigenvalue weighted by Crippen LogP contribution is -2.43. The van der Waals surface area contributed by atoms with Crippen LogP contribution >= 0.6 is 0 Å². The van der Waals surface area contributed by atoms with Crippen molar-refractivity contribution in [2.45, 2.75) is 27.2 Å². The molecule has 1 aliphatic heterocycles. The minimum Gasteiger partial charge on any atom is -0.369 e. The van der Waals surface area contributed by atoms with Crippen molar-refractivity contribution in [2.24, 2.45) is 5.41 Å². The van der Waals surface area contributed by atoms with Crippen LogP contribution in [0.4, 0.5) is 11.5 Å². The van der Waals surface area contributed by atoms with E-state index in [0.717, 1.165) is 32.7 Å². The Hall–Kier alpha value is -3.09. The molecule has 150 valence electrons. The lowest BCUT2D eigenvalue weighted by atomic mass is 9.97. The molecule has 6 heteroatoms. The number of nitriles is 1. The maximum absolute atomic E-state index is 9.08. The fourth-order valence-corrected chi connectivity index (χ4v) is 3.00. The summed E-state index contributed by atoms with van der Waals surface area (Å²) < 4.78 is 0. The fourth-order valence-electron chi connectivity index (χ4n) is 3.00. The first kappa shape index (κ1) is 20.6. The van der Waals surface area contributed by atoms with Crippen LogP contribution in [0.3, 0.4) is 0 Å². The van der Waals surface area contributed by atoms with E-state index in [1.165, 1.54) is 11.3 Å². The molecule has 3 rings (SSSR count). The molecule has 2 N–H and O–H groups in total. The van der Waals surface area contributed by atoms with Gasteiger partial charge in [-0.05, 0) is 23.1 Å². The van der Waals surface area contributed by atoms with E-state index in [2.05, 4.69) is 82.4 Å². The van der Waals surface area contributed by atoms with E-state index < -0.39 is 0 Å². The smallest absolute Gasteiger partial charge is 0.234 e. The number of aromatic nitrogens is 2. The summed E-state index contributed by atoms with van der Waals surface area (Å²) >= 11 is 0. The van der Waals surface area contributed by atoms with Gasteiger partial charge in [-0.3, -0.25) is 0 Å². The van der Waals surface area contributed by atoms with Gasteiger partial charge in [0.25, 0.3) is 0 Å². The van der Waals surface area contributed by atoms with E-state index in [9.17, 15) is 0 Å². The molecule has 0 aliphatic carbocycles. The lowest BCUT2D eigenvalue weighted by Gasteiger charge is -2.29. The van der Waals surface area contributed by atoms with Crippen molar-refractivity contribution >= 4 is 11.5 Å². The number of nitrogens with one attached hydrogen (secondary N) is 2. The summed E-state index contributed by atoms with van der Waals surface area (Å²) in [5.74, 6) is 7.14. The van der Waals surface area contributed by atoms with Gasteiger partial charge in [-0.25, -0.2) is 9.97 Å². The molecule has 1 aromatic carbocycles. The Morgan fingerprint density at radius 2 is 1.90 bits per heavy atom. The summed E-state index contributed by atoms with van der Waals surface area (Å²) in [6.07, 6.45) is 2.28. The van der Waals surface area contributed by atoms with Gasteiger partial charge in [0.2, 0.25) is 5.82 Å². The molecule has 1 aromatic heterocycles. The van der Waals surface area contributed by atoms with Crippen LogP contribution in [0.2, 0.25) is 0 Å². The second-order valence-electron chi connectivity index (χ2n) is 8.36. The Morgan fingerprint density at radius 1 is 1.17 bits per heavy atom. The summed E-state index contributed by atoms with van der Waals surface area (Å²) in [6, 6.07) is 10.6. The normalized spacial score (nSPS) is 13.9. The molecule has 0 amide bonds. The van der Waals surface area contributed by atoms with E-state index in [4.69, 9.17) is 5.26 Å². The van der Waals surface area contributed by atoms with E-state index >= 15 is 0 Å². The number of benzene rings is 1. The van der Waals surface area contributed by atoms with Gasteiger partial charge in [-0.15, -0.1) is 0 Å². The highest BCUT2D eigenvalue weighted by atomic mass is 15.2. The van der Waals surface area contributed by atoms with Gasteiger partial charge in [0, 0.05) is 51.0 Å². The molecule has 6 nitrogen and oxygen atoms in total. The molecular formula is C23H28N6. The SMILES string of the molecule is CC(C)(C)CNc1nc(C#N)ncc1C#CCc1ccc(N2CCNCC2)cc1. The first-order chi connectivity index (χ1) is 13.9. The summed E-state index contributed by atoms with van der Waals surface area (Å²) in [5.41, 5.74) is 3.24. The Morgan fingerprint density at radius 3 is 2.55 bits per heavy atom. The number of hydrogen-bond acceptors (Lipinski definition) is 6. The molecule has 0 atom stereocenters. The third-order valence-electron chi connectivity index (χ3n) is 4.61. The number of rotatable bonds is 4. The standard InChI is InChI=1S/C23H28N6/c1-23(2,3)17-27-22-19(16-26-21(15-24)28-22)6-4-5-18-7-9-20(10-8-18)29-13-11-25-12-14-29/h7-10,16,25H,5,11-14,17H2,1-3H3,(H,26,27,28). The molecule has 29 heavy (non-hydrogen) atoms. The van der Waals surface area contributed by atoms with Crippen LogP contribution in [0.25, 0.3) is 0 Å². The van der Waals surface area contributed by atoms with Gasteiger partial charge in [-0.2, -0.15) is 5.26 Å². The van der Waals surface area contributed by atoms with Crippen molar-refractivity contribution in [2.75, 3.05) is 42.9 Å². The average molecular weight is 389 g/mol. The zero-order chi connectivity index (χ0) is 20.7. The first-order valence-electron chi connectivity index (χ1n) is 9.99. The van der Waals surface area contributed by atoms with E-state index in [1.54, 1.807) is 6.20 Å². The van der Waals surface area contributed by atoms with Gasteiger partial charge in [0.15, 0.2) is 0 Å². The third kappa shape index (κ3) is 6.20. The second kappa shape index (κ2) is 9.41. The largest absolute Gasteiger partial charge is 0.369 e. The van der Waals surface area contributed by atoms with Gasteiger partial charge < -0.3 is 15.5 Å². The molecule has 0 bridgehead atoms. The van der Waals surface area contributed by atoms with Gasteiger partial charge in [0.1, 0.15) is 11.9 Å². The van der Waals surface area contributed by atoms with Crippen LogP contribution < -0.4 is 15.5 Å². The molecule has 2 heterocycles. The van der Waals surface area contributed by atoms with Crippen LogP contribution in [-0.2, 0) is 6.42 Å². The molecule has 0 saturated carbocycles. The third-order valence-corrected chi connectivity index (χ3v) is 4.61. The molecule has 0 unspecified atom stereocenters. The molecule has 1 saturated heterocycles. The predicted molar refractivity (Wildman–Crippen MR) is 117 cm³/mol. The number of anilines is 2. The Bertz CT molecular complexity index is 919. The maximum Gasteiger partial charge on any atom is 0.234 e. The molecule has 1 aliphatic rings. The fraction of sp³-hybridized carbons (Fsp3) is 0.435. The highest BCUT2D eigenvalue weighted by Gasteiger charge is 2.13. The van der Waals surface area contributed by atoms with Crippen molar-refractivity contribution in [3.8, 4) is 17.9 Å². The van der Waals surface area contributed by atoms with Crippen LogP contribution in [0.5, 0.6) is 0 Å². The Balaban J connectivity index is 1.68. The van der Waals surface area contributed by atoms with Crippen molar-refractivity contribution in [1.82, 2.24) is 15.3 Å². The molecule has 2 aromatic rings. The van der Waals surface area contributed by atoms with E-state index in [0.29, 0.717) is 17.8 Å². The second-order valence-corrected chi connectivity index (χ2v) is 8.36. The Kier molecular flexibility index (Phi) is 6.69.